The van der Waals surface area contributed by atoms with E-state index in [1.54, 1.807) is 24.3 Å². The number of benzene rings is 1. The molecule has 1 aromatic carbocycles. The Hall–Kier alpha value is -1.75. The highest BCUT2D eigenvalue weighted by atomic mass is 35.5. The third-order valence-electron chi connectivity index (χ3n) is 1.85. The summed E-state index contributed by atoms with van der Waals surface area (Å²) in [5, 5.41) is 2.77. The van der Waals surface area contributed by atoms with Gasteiger partial charge in [-0.2, -0.15) is 0 Å². The van der Waals surface area contributed by atoms with Crippen LogP contribution < -0.4 is 10.1 Å². The fourth-order valence-electron chi connectivity index (χ4n) is 0.999. The zero-order chi connectivity index (χ0) is 12.7. The lowest BCUT2D eigenvalue weighted by molar-refractivity contribution is -0.141. The van der Waals surface area contributed by atoms with Crippen LogP contribution in [-0.2, 0) is 14.3 Å². The van der Waals surface area contributed by atoms with Crippen LogP contribution in [0.5, 0.6) is 5.75 Å². The van der Waals surface area contributed by atoms with E-state index in [1.807, 2.05) is 0 Å². The summed E-state index contributed by atoms with van der Waals surface area (Å²) >= 11 is 5.83. The van der Waals surface area contributed by atoms with E-state index < -0.39 is 11.9 Å². The van der Waals surface area contributed by atoms with E-state index in [4.69, 9.17) is 16.3 Å². The molecule has 0 aliphatic carbocycles. The van der Waals surface area contributed by atoms with Crippen LogP contribution in [0.2, 0.25) is 5.02 Å². The van der Waals surface area contributed by atoms with Crippen molar-refractivity contribution in [3.05, 3.63) is 29.3 Å². The first-order valence-corrected chi connectivity index (χ1v) is 5.22. The topological polar surface area (TPSA) is 64.6 Å². The Morgan fingerprint density at radius 1 is 1.35 bits per heavy atom. The molecule has 0 saturated heterocycles. The Kier molecular flexibility index (Phi) is 5.29. The Bertz CT molecular complexity index is 408. The molecule has 0 aromatic heterocycles. The largest absolute Gasteiger partial charge is 0.482 e. The molecule has 0 unspecified atom stereocenters. The Morgan fingerprint density at radius 2 is 2.06 bits per heavy atom. The number of ether oxygens (including phenoxy) is 2. The molecular weight excluding hydrogens is 246 g/mol. The summed E-state index contributed by atoms with van der Waals surface area (Å²) < 4.78 is 9.54. The first-order chi connectivity index (χ1) is 8.13. The molecule has 1 amide bonds. The predicted molar refractivity (Wildman–Crippen MR) is 62.0 cm³/mol. The van der Waals surface area contributed by atoms with Gasteiger partial charge in [-0.15, -0.1) is 0 Å². The van der Waals surface area contributed by atoms with Gasteiger partial charge in [-0.25, -0.2) is 0 Å². The molecule has 0 fully saturated rings. The van der Waals surface area contributed by atoms with Gasteiger partial charge in [0.05, 0.1) is 12.1 Å². The molecule has 0 spiro atoms. The standard InChI is InChI=1S/C11H12ClNO4/c1-16-11(15)6-13-10(14)7-17-9-5-3-2-4-8(9)12/h2-5H,6-7H2,1H3,(H,13,14). The molecule has 0 radical (unpaired) electrons. The zero-order valence-electron chi connectivity index (χ0n) is 9.23. The SMILES string of the molecule is COC(=O)CNC(=O)COc1ccccc1Cl. The summed E-state index contributed by atoms with van der Waals surface area (Å²) in [6, 6.07) is 6.80. The normalized spacial score (nSPS) is 9.53. The maximum absolute atomic E-state index is 11.3. The van der Waals surface area contributed by atoms with Crippen molar-refractivity contribution in [3.63, 3.8) is 0 Å². The van der Waals surface area contributed by atoms with Gasteiger partial charge >= 0.3 is 5.97 Å². The molecule has 1 aromatic rings. The number of amides is 1. The molecular formula is C11H12ClNO4. The lowest BCUT2D eigenvalue weighted by atomic mass is 10.3. The van der Waals surface area contributed by atoms with Crippen LogP contribution >= 0.6 is 11.6 Å². The second-order valence-electron chi connectivity index (χ2n) is 3.07. The maximum atomic E-state index is 11.3. The van der Waals surface area contributed by atoms with Crippen molar-refractivity contribution >= 4 is 23.5 Å². The summed E-state index contributed by atoms with van der Waals surface area (Å²) in [4.78, 5) is 22.0. The molecule has 1 rings (SSSR count). The number of esters is 1. The van der Waals surface area contributed by atoms with Gasteiger partial charge in [0.2, 0.25) is 0 Å². The van der Waals surface area contributed by atoms with E-state index in [2.05, 4.69) is 10.1 Å². The van der Waals surface area contributed by atoms with Crippen molar-refractivity contribution in [2.75, 3.05) is 20.3 Å². The van der Waals surface area contributed by atoms with Gasteiger partial charge in [-0.1, -0.05) is 23.7 Å². The quantitative estimate of drug-likeness (QED) is 0.800. The van der Waals surface area contributed by atoms with Gasteiger partial charge in [0, 0.05) is 0 Å². The second-order valence-corrected chi connectivity index (χ2v) is 3.48. The Balaban J connectivity index is 2.34. The minimum atomic E-state index is -0.518. The maximum Gasteiger partial charge on any atom is 0.325 e. The highest BCUT2D eigenvalue weighted by Crippen LogP contribution is 2.22. The van der Waals surface area contributed by atoms with Crippen LogP contribution in [0.3, 0.4) is 0 Å². The van der Waals surface area contributed by atoms with Gasteiger partial charge in [0.15, 0.2) is 6.61 Å². The van der Waals surface area contributed by atoms with E-state index in [-0.39, 0.29) is 13.2 Å². The number of carbonyl (C=O) groups excluding carboxylic acids is 2. The van der Waals surface area contributed by atoms with Crippen LogP contribution in [0.1, 0.15) is 0 Å². The minimum Gasteiger partial charge on any atom is -0.482 e. The third kappa shape index (κ3) is 4.74. The fourth-order valence-corrected chi connectivity index (χ4v) is 1.19. The Morgan fingerprint density at radius 3 is 2.71 bits per heavy atom. The predicted octanol–water partition coefficient (Wildman–Crippen LogP) is 1.01. The van der Waals surface area contributed by atoms with Crippen LogP contribution in [0.25, 0.3) is 0 Å². The van der Waals surface area contributed by atoms with E-state index in [0.717, 1.165) is 0 Å². The minimum absolute atomic E-state index is 0.179. The number of para-hydroxylation sites is 1. The van der Waals surface area contributed by atoms with Crippen molar-refractivity contribution in [2.45, 2.75) is 0 Å². The Labute approximate surface area is 104 Å². The first kappa shape index (κ1) is 13.3. The lowest BCUT2D eigenvalue weighted by Gasteiger charge is -2.07. The molecule has 5 nitrogen and oxygen atoms in total. The lowest BCUT2D eigenvalue weighted by Crippen LogP contribution is -2.33. The monoisotopic (exact) mass is 257 g/mol. The number of rotatable bonds is 5. The van der Waals surface area contributed by atoms with Crippen LogP contribution in [0, 0.1) is 0 Å². The van der Waals surface area contributed by atoms with Crippen molar-refractivity contribution in [2.24, 2.45) is 0 Å². The van der Waals surface area contributed by atoms with Gasteiger partial charge in [-0.05, 0) is 12.1 Å². The molecule has 6 heteroatoms. The number of methoxy groups -OCH3 is 1. The molecule has 0 atom stereocenters. The van der Waals surface area contributed by atoms with Crippen LogP contribution in [-0.4, -0.2) is 32.1 Å². The van der Waals surface area contributed by atoms with Crippen molar-refractivity contribution in [3.8, 4) is 5.75 Å². The van der Waals surface area contributed by atoms with Crippen molar-refractivity contribution in [1.82, 2.24) is 5.32 Å². The average molecular weight is 258 g/mol. The van der Waals surface area contributed by atoms with Crippen LogP contribution in [0.15, 0.2) is 24.3 Å². The van der Waals surface area contributed by atoms with E-state index in [9.17, 15) is 9.59 Å². The average Bonchev–Trinajstić information content (AvgIpc) is 2.35. The molecule has 0 aliphatic rings. The number of hydrogen-bond donors (Lipinski definition) is 1. The molecule has 0 saturated carbocycles. The number of carbonyl (C=O) groups is 2. The molecule has 0 bridgehead atoms. The summed E-state index contributed by atoms with van der Waals surface area (Å²) in [6.45, 7) is -0.387. The molecule has 0 aliphatic heterocycles. The van der Waals surface area contributed by atoms with E-state index in [0.29, 0.717) is 10.8 Å². The highest BCUT2D eigenvalue weighted by molar-refractivity contribution is 6.32. The molecule has 92 valence electrons. The highest BCUT2D eigenvalue weighted by Gasteiger charge is 2.07. The van der Waals surface area contributed by atoms with E-state index >= 15 is 0 Å². The van der Waals surface area contributed by atoms with Gasteiger partial charge in [0.25, 0.3) is 5.91 Å². The summed E-state index contributed by atoms with van der Waals surface area (Å²) in [6.07, 6.45) is 0. The fraction of sp³-hybridized carbons (Fsp3) is 0.273. The van der Waals surface area contributed by atoms with Gasteiger partial charge < -0.3 is 14.8 Å². The van der Waals surface area contributed by atoms with Gasteiger partial charge in [0.1, 0.15) is 12.3 Å². The molecule has 17 heavy (non-hydrogen) atoms. The number of halogens is 1. The molecule has 1 N–H and O–H groups in total. The summed E-state index contributed by atoms with van der Waals surface area (Å²) in [5.41, 5.74) is 0. The van der Waals surface area contributed by atoms with E-state index in [1.165, 1.54) is 7.11 Å². The zero-order valence-corrected chi connectivity index (χ0v) is 9.99. The summed E-state index contributed by atoms with van der Waals surface area (Å²) in [7, 11) is 1.24. The van der Waals surface area contributed by atoms with Crippen molar-refractivity contribution in [1.29, 1.82) is 0 Å². The van der Waals surface area contributed by atoms with Gasteiger partial charge in [-0.3, -0.25) is 9.59 Å². The summed E-state index contributed by atoms with van der Waals surface area (Å²) in [5.74, 6) is -0.520. The van der Waals surface area contributed by atoms with Crippen molar-refractivity contribution < 1.29 is 19.1 Å². The van der Waals surface area contributed by atoms with Crippen LogP contribution in [0.4, 0.5) is 0 Å². The number of nitrogens with one attached hydrogen (secondary N) is 1. The molecule has 0 heterocycles. The number of hydrogen-bond acceptors (Lipinski definition) is 4. The third-order valence-corrected chi connectivity index (χ3v) is 2.17. The first-order valence-electron chi connectivity index (χ1n) is 4.84. The smallest absolute Gasteiger partial charge is 0.325 e. The second kappa shape index (κ2) is 6.75.